The van der Waals surface area contributed by atoms with Gasteiger partial charge in [0.2, 0.25) is 10.0 Å². The molecule has 0 aliphatic rings. The number of sulfonamides is 1. The van der Waals surface area contributed by atoms with E-state index in [1.54, 1.807) is 0 Å². The quantitative estimate of drug-likeness (QED) is 0.726. The predicted octanol–water partition coefficient (Wildman–Crippen LogP) is 2.61. The summed E-state index contributed by atoms with van der Waals surface area (Å²) in [6.07, 6.45) is 1.47. The van der Waals surface area contributed by atoms with Crippen LogP contribution in [0.25, 0.3) is 0 Å². The Kier molecular flexibility index (Phi) is 6.54. The van der Waals surface area contributed by atoms with E-state index in [9.17, 15) is 12.8 Å². The molecule has 0 fully saturated rings. The lowest BCUT2D eigenvalue weighted by molar-refractivity contribution is 0.591. The SMILES string of the molecule is CCCNCCCS(=O)(=O)Nc1cccc(Cl)c1F. The van der Waals surface area contributed by atoms with Crippen LogP contribution in [0.3, 0.4) is 0 Å². The fraction of sp³-hybridized carbons (Fsp3) is 0.500. The number of nitrogens with one attached hydrogen (secondary N) is 2. The molecule has 0 aliphatic heterocycles. The highest BCUT2D eigenvalue weighted by molar-refractivity contribution is 7.92. The van der Waals surface area contributed by atoms with Gasteiger partial charge in [-0.1, -0.05) is 24.6 Å². The maximum Gasteiger partial charge on any atom is 0.232 e. The Bertz CT molecular complexity index is 508. The van der Waals surface area contributed by atoms with Crippen LogP contribution in [0.1, 0.15) is 19.8 Å². The minimum absolute atomic E-state index is 0.0599. The van der Waals surface area contributed by atoms with Gasteiger partial charge in [-0.2, -0.15) is 0 Å². The Morgan fingerprint density at radius 1 is 1.32 bits per heavy atom. The van der Waals surface area contributed by atoms with Gasteiger partial charge in [-0.25, -0.2) is 12.8 Å². The summed E-state index contributed by atoms with van der Waals surface area (Å²) in [6, 6.07) is 4.20. The Morgan fingerprint density at radius 3 is 2.74 bits per heavy atom. The summed E-state index contributed by atoms with van der Waals surface area (Å²) in [5.41, 5.74) is -0.117. The molecule has 0 atom stereocenters. The van der Waals surface area contributed by atoms with Crippen molar-refractivity contribution in [3.8, 4) is 0 Å². The Labute approximate surface area is 118 Å². The minimum atomic E-state index is -3.55. The van der Waals surface area contributed by atoms with Gasteiger partial charge < -0.3 is 5.32 Å². The van der Waals surface area contributed by atoms with Crippen LogP contribution in [-0.4, -0.2) is 27.3 Å². The van der Waals surface area contributed by atoms with E-state index in [1.807, 2.05) is 6.92 Å². The number of hydrogen-bond acceptors (Lipinski definition) is 3. The van der Waals surface area contributed by atoms with E-state index in [1.165, 1.54) is 18.2 Å². The fourth-order valence-corrected chi connectivity index (χ4v) is 2.78. The maximum absolute atomic E-state index is 13.5. The van der Waals surface area contributed by atoms with Gasteiger partial charge in [0, 0.05) is 0 Å². The molecule has 108 valence electrons. The normalized spacial score (nSPS) is 11.5. The zero-order valence-corrected chi connectivity index (χ0v) is 12.3. The largest absolute Gasteiger partial charge is 0.317 e. The van der Waals surface area contributed by atoms with E-state index in [2.05, 4.69) is 10.0 Å². The Hall–Kier alpha value is -0.850. The summed E-state index contributed by atoms with van der Waals surface area (Å²) in [5.74, 6) is -0.813. The number of benzene rings is 1. The van der Waals surface area contributed by atoms with E-state index in [4.69, 9.17) is 11.6 Å². The lowest BCUT2D eigenvalue weighted by Crippen LogP contribution is -2.22. The zero-order valence-electron chi connectivity index (χ0n) is 10.7. The van der Waals surface area contributed by atoms with Crippen LogP contribution in [0, 0.1) is 5.82 Å². The first-order valence-electron chi connectivity index (χ1n) is 6.11. The Morgan fingerprint density at radius 2 is 2.05 bits per heavy atom. The number of rotatable bonds is 8. The van der Waals surface area contributed by atoms with Crippen molar-refractivity contribution in [1.29, 1.82) is 0 Å². The van der Waals surface area contributed by atoms with Gasteiger partial charge in [0.1, 0.15) is 0 Å². The summed E-state index contributed by atoms with van der Waals surface area (Å²) < 4.78 is 39.2. The summed E-state index contributed by atoms with van der Waals surface area (Å²) in [4.78, 5) is 0. The molecule has 0 heterocycles. The van der Waals surface area contributed by atoms with Crippen LogP contribution in [-0.2, 0) is 10.0 Å². The molecule has 0 radical (unpaired) electrons. The van der Waals surface area contributed by atoms with E-state index < -0.39 is 15.8 Å². The van der Waals surface area contributed by atoms with Gasteiger partial charge >= 0.3 is 0 Å². The van der Waals surface area contributed by atoms with Crippen LogP contribution in [0.5, 0.6) is 0 Å². The van der Waals surface area contributed by atoms with E-state index >= 15 is 0 Å². The standard InChI is InChI=1S/C12H18ClFN2O2S/c1-2-7-15-8-4-9-19(17,18)16-11-6-3-5-10(13)12(11)14/h3,5-6,15-16H,2,4,7-9H2,1H3. The lowest BCUT2D eigenvalue weighted by Gasteiger charge is -2.09. The summed E-state index contributed by atoms with van der Waals surface area (Å²) in [7, 11) is -3.55. The number of anilines is 1. The molecule has 1 aromatic carbocycles. The van der Waals surface area contributed by atoms with Gasteiger partial charge in [0.05, 0.1) is 16.5 Å². The molecule has 0 amide bonds. The van der Waals surface area contributed by atoms with Crippen molar-refractivity contribution in [2.24, 2.45) is 0 Å². The molecule has 1 rings (SSSR count). The molecule has 1 aromatic rings. The first kappa shape index (κ1) is 16.2. The highest BCUT2D eigenvalue weighted by Crippen LogP contribution is 2.22. The van der Waals surface area contributed by atoms with Crippen molar-refractivity contribution < 1.29 is 12.8 Å². The molecule has 0 aliphatic carbocycles. The third-order valence-corrected chi connectivity index (χ3v) is 4.06. The molecule has 4 nitrogen and oxygen atoms in total. The molecular formula is C12H18ClFN2O2S. The van der Waals surface area contributed by atoms with Gasteiger partial charge in [-0.3, -0.25) is 4.72 Å². The van der Waals surface area contributed by atoms with Crippen molar-refractivity contribution >= 4 is 27.3 Å². The van der Waals surface area contributed by atoms with E-state index in [0.717, 1.165) is 13.0 Å². The van der Waals surface area contributed by atoms with Crippen LogP contribution < -0.4 is 10.0 Å². The minimum Gasteiger partial charge on any atom is -0.317 e. The second-order valence-corrected chi connectivity index (χ2v) is 6.37. The molecule has 0 unspecified atom stereocenters. The van der Waals surface area contributed by atoms with Crippen molar-refractivity contribution in [3.63, 3.8) is 0 Å². The Balaban J connectivity index is 2.52. The molecule has 0 saturated carbocycles. The van der Waals surface area contributed by atoms with Crippen LogP contribution in [0.15, 0.2) is 18.2 Å². The number of halogens is 2. The fourth-order valence-electron chi connectivity index (χ4n) is 1.49. The first-order valence-corrected chi connectivity index (χ1v) is 8.14. The van der Waals surface area contributed by atoms with Crippen LogP contribution in [0.4, 0.5) is 10.1 Å². The van der Waals surface area contributed by atoms with Crippen molar-refractivity contribution in [2.45, 2.75) is 19.8 Å². The average Bonchev–Trinajstić information content (AvgIpc) is 2.34. The van der Waals surface area contributed by atoms with Crippen molar-refractivity contribution in [2.75, 3.05) is 23.6 Å². The van der Waals surface area contributed by atoms with Gasteiger partial charge in [-0.15, -0.1) is 0 Å². The van der Waals surface area contributed by atoms with Crippen LogP contribution >= 0.6 is 11.6 Å². The summed E-state index contributed by atoms with van der Waals surface area (Å²) >= 11 is 5.58. The van der Waals surface area contributed by atoms with E-state index in [0.29, 0.717) is 13.0 Å². The highest BCUT2D eigenvalue weighted by atomic mass is 35.5. The van der Waals surface area contributed by atoms with Gasteiger partial charge in [0.25, 0.3) is 0 Å². The molecule has 0 saturated heterocycles. The van der Waals surface area contributed by atoms with Crippen molar-refractivity contribution in [3.05, 3.63) is 29.0 Å². The lowest BCUT2D eigenvalue weighted by atomic mass is 10.3. The zero-order chi connectivity index (χ0) is 14.3. The third kappa shape index (κ3) is 5.76. The molecule has 0 bridgehead atoms. The van der Waals surface area contributed by atoms with Gasteiger partial charge in [0.15, 0.2) is 5.82 Å². The third-order valence-electron chi connectivity index (χ3n) is 2.41. The topological polar surface area (TPSA) is 58.2 Å². The van der Waals surface area contributed by atoms with E-state index in [-0.39, 0.29) is 16.5 Å². The molecule has 2 N–H and O–H groups in total. The van der Waals surface area contributed by atoms with Gasteiger partial charge in [-0.05, 0) is 38.1 Å². The van der Waals surface area contributed by atoms with Crippen LogP contribution in [0.2, 0.25) is 5.02 Å². The second kappa shape index (κ2) is 7.67. The molecule has 19 heavy (non-hydrogen) atoms. The monoisotopic (exact) mass is 308 g/mol. The number of hydrogen-bond donors (Lipinski definition) is 2. The summed E-state index contributed by atoms with van der Waals surface area (Å²) in [5, 5.41) is 3.00. The molecule has 0 spiro atoms. The molecule has 0 aromatic heterocycles. The highest BCUT2D eigenvalue weighted by Gasteiger charge is 2.14. The predicted molar refractivity (Wildman–Crippen MR) is 76.6 cm³/mol. The maximum atomic E-state index is 13.5. The average molecular weight is 309 g/mol. The van der Waals surface area contributed by atoms with Crippen molar-refractivity contribution in [1.82, 2.24) is 5.32 Å². The first-order chi connectivity index (χ1) is 8.96. The second-order valence-electron chi connectivity index (χ2n) is 4.13. The molecular weight excluding hydrogens is 291 g/mol. The smallest absolute Gasteiger partial charge is 0.232 e. The molecule has 7 heteroatoms. The summed E-state index contributed by atoms with van der Waals surface area (Å²) in [6.45, 7) is 3.51.